The number of rotatable bonds is 3. The lowest BCUT2D eigenvalue weighted by molar-refractivity contribution is 0.0696. The largest absolute Gasteiger partial charge is 0.478 e. The predicted octanol–water partition coefficient (Wildman–Crippen LogP) is 3.13. The van der Waals surface area contributed by atoms with Crippen LogP contribution < -0.4 is 5.32 Å². The Labute approximate surface area is 124 Å². The molecule has 2 rings (SSSR count). The van der Waals surface area contributed by atoms with Gasteiger partial charge >= 0.3 is 5.97 Å². The summed E-state index contributed by atoms with van der Waals surface area (Å²) in [6.45, 7) is 1.65. The van der Waals surface area contributed by atoms with Crippen molar-refractivity contribution in [1.29, 1.82) is 0 Å². The van der Waals surface area contributed by atoms with Crippen LogP contribution in [0.2, 0.25) is 5.15 Å². The SMILES string of the molecule is Cc1cc(C(=O)O)ccc1NC(=O)c1cc(F)cnc1Cl. The third kappa shape index (κ3) is 3.35. The molecular weight excluding hydrogens is 299 g/mol. The fraction of sp³-hybridized carbons (Fsp3) is 0.0714. The molecule has 1 amide bonds. The van der Waals surface area contributed by atoms with E-state index in [-0.39, 0.29) is 16.3 Å². The maximum absolute atomic E-state index is 13.1. The average Bonchev–Trinajstić information content (AvgIpc) is 2.43. The predicted molar refractivity (Wildman–Crippen MR) is 75.3 cm³/mol. The molecule has 0 aliphatic carbocycles. The van der Waals surface area contributed by atoms with Crippen molar-refractivity contribution in [1.82, 2.24) is 4.98 Å². The zero-order valence-electron chi connectivity index (χ0n) is 10.9. The number of nitrogens with zero attached hydrogens (tertiary/aromatic N) is 1. The number of carboxylic acids is 1. The topological polar surface area (TPSA) is 79.3 Å². The van der Waals surface area contributed by atoms with Crippen molar-refractivity contribution in [2.24, 2.45) is 0 Å². The lowest BCUT2D eigenvalue weighted by Gasteiger charge is -2.09. The highest BCUT2D eigenvalue weighted by atomic mass is 35.5. The third-order valence-electron chi connectivity index (χ3n) is 2.77. The Balaban J connectivity index is 2.27. The van der Waals surface area contributed by atoms with Crippen molar-refractivity contribution in [2.75, 3.05) is 5.32 Å². The van der Waals surface area contributed by atoms with E-state index in [1.54, 1.807) is 6.92 Å². The van der Waals surface area contributed by atoms with Crippen LogP contribution in [0.1, 0.15) is 26.3 Å². The van der Waals surface area contributed by atoms with E-state index in [1.165, 1.54) is 18.2 Å². The van der Waals surface area contributed by atoms with Crippen LogP contribution in [0.5, 0.6) is 0 Å². The standard InChI is InChI=1S/C14H10ClFN2O3/c1-7-4-8(14(20)21)2-3-11(7)18-13(19)10-5-9(16)6-17-12(10)15/h2-6H,1H3,(H,18,19)(H,20,21). The summed E-state index contributed by atoms with van der Waals surface area (Å²) >= 11 is 5.75. The molecule has 1 aromatic carbocycles. The Morgan fingerprint density at radius 1 is 1.33 bits per heavy atom. The van der Waals surface area contributed by atoms with Gasteiger partial charge in [-0.25, -0.2) is 14.2 Å². The van der Waals surface area contributed by atoms with Gasteiger partial charge in [-0.3, -0.25) is 4.79 Å². The van der Waals surface area contributed by atoms with Gasteiger partial charge in [0.25, 0.3) is 5.91 Å². The first-order valence-electron chi connectivity index (χ1n) is 5.85. The second-order valence-electron chi connectivity index (χ2n) is 4.28. The maximum Gasteiger partial charge on any atom is 0.335 e. The lowest BCUT2D eigenvalue weighted by atomic mass is 10.1. The van der Waals surface area contributed by atoms with Crippen LogP contribution in [0.25, 0.3) is 0 Å². The van der Waals surface area contributed by atoms with Gasteiger partial charge in [-0.2, -0.15) is 0 Å². The van der Waals surface area contributed by atoms with Gasteiger partial charge in [-0.05, 0) is 36.8 Å². The van der Waals surface area contributed by atoms with Crippen LogP contribution in [0.3, 0.4) is 0 Å². The second kappa shape index (κ2) is 5.88. The van der Waals surface area contributed by atoms with Gasteiger partial charge in [-0.1, -0.05) is 11.6 Å². The molecule has 5 nitrogen and oxygen atoms in total. The molecule has 108 valence electrons. The first kappa shape index (κ1) is 14.9. The monoisotopic (exact) mass is 308 g/mol. The number of hydrogen-bond donors (Lipinski definition) is 2. The summed E-state index contributed by atoms with van der Waals surface area (Å²) in [5, 5.41) is 11.3. The van der Waals surface area contributed by atoms with Crippen molar-refractivity contribution in [2.45, 2.75) is 6.92 Å². The molecule has 0 fully saturated rings. The number of nitrogens with one attached hydrogen (secondary N) is 1. The normalized spacial score (nSPS) is 10.2. The molecule has 0 bridgehead atoms. The van der Waals surface area contributed by atoms with E-state index in [4.69, 9.17) is 16.7 Å². The molecule has 0 spiro atoms. The highest BCUT2D eigenvalue weighted by Crippen LogP contribution is 2.20. The number of carbonyl (C=O) groups excluding carboxylic acids is 1. The molecular formula is C14H10ClFN2O3. The highest BCUT2D eigenvalue weighted by molar-refractivity contribution is 6.33. The Hall–Kier alpha value is -2.47. The minimum Gasteiger partial charge on any atom is -0.478 e. The van der Waals surface area contributed by atoms with E-state index in [9.17, 15) is 14.0 Å². The van der Waals surface area contributed by atoms with Crippen molar-refractivity contribution in [3.63, 3.8) is 0 Å². The highest BCUT2D eigenvalue weighted by Gasteiger charge is 2.14. The quantitative estimate of drug-likeness (QED) is 0.854. The maximum atomic E-state index is 13.1. The van der Waals surface area contributed by atoms with Gasteiger partial charge in [0, 0.05) is 5.69 Å². The molecule has 21 heavy (non-hydrogen) atoms. The zero-order chi connectivity index (χ0) is 15.6. The van der Waals surface area contributed by atoms with E-state index < -0.39 is 17.7 Å². The number of aromatic nitrogens is 1. The molecule has 7 heteroatoms. The van der Waals surface area contributed by atoms with Crippen molar-refractivity contribution in [3.05, 3.63) is 58.1 Å². The van der Waals surface area contributed by atoms with Gasteiger partial charge < -0.3 is 10.4 Å². The molecule has 0 atom stereocenters. The summed E-state index contributed by atoms with van der Waals surface area (Å²) in [6, 6.07) is 5.21. The number of hydrogen-bond acceptors (Lipinski definition) is 3. The van der Waals surface area contributed by atoms with Gasteiger partial charge in [0.05, 0.1) is 17.3 Å². The fourth-order valence-corrected chi connectivity index (χ4v) is 1.90. The molecule has 1 aromatic heterocycles. The van der Waals surface area contributed by atoms with Crippen LogP contribution in [0.4, 0.5) is 10.1 Å². The second-order valence-corrected chi connectivity index (χ2v) is 4.64. The van der Waals surface area contributed by atoms with E-state index in [0.717, 1.165) is 12.3 Å². The van der Waals surface area contributed by atoms with Gasteiger partial charge in [0.2, 0.25) is 0 Å². The first-order chi connectivity index (χ1) is 9.88. The Kier molecular flexibility index (Phi) is 4.18. The number of aryl methyl sites for hydroxylation is 1. The molecule has 1 heterocycles. The van der Waals surface area contributed by atoms with Crippen LogP contribution in [0.15, 0.2) is 30.5 Å². The molecule has 0 saturated heterocycles. The van der Waals surface area contributed by atoms with Crippen LogP contribution in [-0.4, -0.2) is 22.0 Å². The summed E-state index contributed by atoms with van der Waals surface area (Å²) in [5.74, 6) is -2.37. The molecule has 0 aliphatic rings. The number of carbonyl (C=O) groups is 2. The zero-order valence-corrected chi connectivity index (χ0v) is 11.6. The number of aromatic carboxylic acids is 1. The van der Waals surface area contributed by atoms with E-state index in [0.29, 0.717) is 11.3 Å². The summed E-state index contributed by atoms with van der Waals surface area (Å²) in [4.78, 5) is 26.4. The number of halogens is 2. The Morgan fingerprint density at radius 2 is 2.05 bits per heavy atom. The van der Waals surface area contributed by atoms with E-state index in [2.05, 4.69) is 10.3 Å². The molecule has 2 aromatic rings. The number of anilines is 1. The number of pyridine rings is 1. The van der Waals surface area contributed by atoms with Gasteiger partial charge in [0.1, 0.15) is 11.0 Å². The van der Waals surface area contributed by atoms with Gasteiger partial charge in [-0.15, -0.1) is 0 Å². The summed E-state index contributed by atoms with van der Waals surface area (Å²) in [7, 11) is 0. The smallest absolute Gasteiger partial charge is 0.335 e. The van der Waals surface area contributed by atoms with Crippen LogP contribution in [-0.2, 0) is 0 Å². The van der Waals surface area contributed by atoms with E-state index in [1.807, 2.05) is 0 Å². The number of carboxylic acid groups (broad SMARTS) is 1. The van der Waals surface area contributed by atoms with Crippen LogP contribution in [0, 0.1) is 12.7 Å². The third-order valence-corrected chi connectivity index (χ3v) is 3.07. The molecule has 0 aliphatic heterocycles. The fourth-order valence-electron chi connectivity index (χ4n) is 1.71. The molecule has 0 saturated carbocycles. The Bertz CT molecular complexity index is 734. The number of benzene rings is 1. The summed E-state index contributed by atoms with van der Waals surface area (Å²) in [5.41, 5.74) is 0.975. The first-order valence-corrected chi connectivity index (χ1v) is 6.22. The summed E-state index contributed by atoms with van der Waals surface area (Å²) in [6.07, 6.45) is 0.909. The molecule has 0 radical (unpaired) electrons. The number of amides is 1. The average molecular weight is 309 g/mol. The molecule has 2 N–H and O–H groups in total. The van der Waals surface area contributed by atoms with E-state index >= 15 is 0 Å². The Morgan fingerprint density at radius 3 is 2.67 bits per heavy atom. The minimum atomic E-state index is -1.06. The van der Waals surface area contributed by atoms with Crippen LogP contribution >= 0.6 is 11.6 Å². The van der Waals surface area contributed by atoms with Crippen molar-refractivity contribution in [3.8, 4) is 0 Å². The van der Waals surface area contributed by atoms with Crippen molar-refractivity contribution >= 4 is 29.2 Å². The lowest BCUT2D eigenvalue weighted by Crippen LogP contribution is -2.14. The minimum absolute atomic E-state index is 0.0987. The molecule has 0 unspecified atom stereocenters. The van der Waals surface area contributed by atoms with Gasteiger partial charge in [0.15, 0.2) is 0 Å². The summed E-state index contributed by atoms with van der Waals surface area (Å²) < 4.78 is 13.1. The van der Waals surface area contributed by atoms with Crippen molar-refractivity contribution < 1.29 is 19.1 Å².